The minimum Gasteiger partial charge on any atom is -0.292 e. The van der Waals surface area contributed by atoms with Crippen molar-refractivity contribution in [2.45, 2.75) is 19.8 Å². The molecule has 0 aliphatic carbocycles. The number of pyridine rings is 1. The van der Waals surface area contributed by atoms with E-state index in [0.717, 1.165) is 6.42 Å². The average Bonchev–Trinajstić information content (AvgIpc) is 2.37. The van der Waals surface area contributed by atoms with Gasteiger partial charge in [-0.3, -0.25) is 9.78 Å². The number of rotatable bonds is 4. The Morgan fingerprint density at radius 1 is 1.18 bits per heavy atom. The van der Waals surface area contributed by atoms with Crippen LogP contribution in [0.2, 0.25) is 0 Å². The van der Waals surface area contributed by atoms with Crippen LogP contribution in [0.3, 0.4) is 0 Å². The monoisotopic (exact) mass is 225 g/mol. The molecule has 0 aliphatic heterocycles. The van der Waals surface area contributed by atoms with E-state index in [1.807, 2.05) is 18.2 Å². The van der Waals surface area contributed by atoms with Gasteiger partial charge in [-0.25, -0.2) is 0 Å². The molecular formula is C15H15NO. The molecule has 1 aromatic carbocycles. The van der Waals surface area contributed by atoms with E-state index < -0.39 is 0 Å². The first-order valence-electron chi connectivity index (χ1n) is 5.75. The summed E-state index contributed by atoms with van der Waals surface area (Å²) in [6.07, 6.45) is 2.94. The van der Waals surface area contributed by atoms with Crippen molar-refractivity contribution in [3.63, 3.8) is 0 Å². The van der Waals surface area contributed by atoms with E-state index in [4.69, 9.17) is 0 Å². The third-order valence-corrected chi connectivity index (χ3v) is 2.67. The maximum Gasteiger partial charge on any atom is 0.181 e. The Labute approximate surface area is 101 Å². The van der Waals surface area contributed by atoms with E-state index in [9.17, 15) is 4.79 Å². The molecule has 1 aromatic heterocycles. The van der Waals surface area contributed by atoms with E-state index in [1.54, 1.807) is 12.3 Å². The van der Waals surface area contributed by atoms with E-state index in [0.29, 0.717) is 12.1 Å². The van der Waals surface area contributed by atoms with E-state index in [1.165, 1.54) is 11.1 Å². The molecule has 0 saturated carbocycles. The first kappa shape index (κ1) is 11.5. The van der Waals surface area contributed by atoms with E-state index in [-0.39, 0.29) is 5.78 Å². The number of carbonyl (C=O) groups is 1. The molecule has 2 heteroatoms. The molecule has 2 rings (SSSR count). The molecule has 0 amide bonds. The molecular weight excluding hydrogens is 210 g/mol. The van der Waals surface area contributed by atoms with Crippen LogP contribution in [0.4, 0.5) is 0 Å². The number of ketones is 1. The van der Waals surface area contributed by atoms with Crippen molar-refractivity contribution in [2.24, 2.45) is 0 Å². The summed E-state index contributed by atoms with van der Waals surface area (Å²) in [5, 5.41) is 0. The summed E-state index contributed by atoms with van der Waals surface area (Å²) in [6, 6.07) is 13.7. The Hall–Kier alpha value is -1.96. The predicted octanol–water partition coefficient (Wildman–Crippen LogP) is 3.21. The highest BCUT2D eigenvalue weighted by molar-refractivity contribution is 5.94. The smallest absolute Gasteiger partial charge is 0.181 e. The highest BCUT2D eigenvalue weighted by atomic mass is 16.1. The Morgan fingerprint density at radius 2 is 2.06 bits per heavy atom. The molecule has 0 bridgehead atoms. The molecule has 0 unspecified atom stereocenters. The molecule has 0 N–H and O–H groups in total. The summed E-state index contributed by atoms with van der Waals surface area (Å²) in [5.41, 5.74) is 2.99. The minimum atomic E-state index is 0.104. The van der Waals surface area contributed by atoms with Gasteiger partial charge in [0.25, 0.3) is 0 Å². The summed E-state index contributed by atoms with van der Waals surface area (Å²) in [6.45, 7) is 2.06. The maximum atomic E-state index is 11.8. The zero-order valence-electron chi connectivity index (χ0n) is 9.89. The quantitative estimate of drug-likeness (QED) is 0.748. The number of benzene rings is 1. The van der Waals surface area contributed by atoms with Gasteiger partial charge in [-0.05, 0) is 31.0 Å². The van der Waals surface area contributed by atoms with Crippen molar-refractivity contribution in [3.8, 4) is 0 Å². The van der Waals surface area contributed by atoms with Crippen LogP contribution in [0.25, 0.3) is 0 Å². The van der Waals surface area contributed by atoms with Crippen molar-refractivity contribution in [1.29, 1.82) is 0 Å². The number of hydrogen-bond donors (Lipinski definition) is 0. The second-order valence-corrected chi connectivity index (χ2v) is 4.13. The fourth-order valence-electron chi connectivity index (χ4n) is 1.78. The lowest BCUT2D eigenvalue weighted by Gasteiger charge is -2.02. The van der Waals surface area contributed by atoms with Gasteiger partial charge in [-0.15, -0.1) is 0 Å². The molecule has 17 heavy (non-hydrogen) atoms. The Morgan fingerprint density at radius 3 is 2.76 bits per heavy atom. The largest absolute Gasteiger partial charge is 0.292 e. The van der Waals surface area contributed by atoms with Gasteiger partial charge in [0, 0.05) is 12.6 Å². The molecule has 2 aromatic rings. The molecule has 0 aliphatic rings. The lowest BCUT2D eigenvalue weighted by atomic mass is 10.0. The second-order valence-electron chi connectivity index (χ2n) is 4.13. The molecule has 0 atom stereocenters. The first-order chi connectivity index (χ1) is 8.25. The zero-order valence-corrected chi connectivity index (χ0v) is 9.89. The first-order valence-corrected chi connectivity index (χ1v) is 5.75. The third kappa shape index (κ3) is 3.25. The van der Waals surface area contributed by atoms with Crippen molar-refractivity contribution < 1.29 is 4.79 Å². The summed E-state index contributed by atoms with van der Waals surface area (Å²) in [4.78, 5) is 15.9. The summed E-state index contributed by atoms with van der Waals surface area (Å²) >= 11 is 0. The van der Waals surface area contributed by atoms with Crippen molar-refractivity contribution in [1.82, 2.24) is 4.98 Å². The summed E-state index contributed by atoms with van der Waals surface area (Å²) in [5.74, 6) is 0.104. The zero-order chi connectivity index (χ0) is 12.1. The van der Waals surface area contributed by atoms with E-state index >= 15 is 0 Å². The van der Waals surface area contributed by atoms with Crippen molar-refractivity contribution >= 4 is 5.78 Å². The maximum absolute atomic E-state index is 11.8. The van der Waals surface area contributed by atoms with Crippen LogP contribution in [-0.2, 0) is 6.42 Å². The molecule has 0 radical (unpaired) electrons. The number of aryl methyl sites for hydroxylation is 2. The Bertz CT molecular complexity index is 505. The van der Waals surface area contributed by atoms with Gasteiger partial charge >= 0.3 is 0 Å². The second kappa shape index (κ2) is 5.39. The highest BCUT2D eigenvalue weighted by Crippen LogP contribution is 2.08. The topological polar surface area (TPSA) is 30.0 Å². The van der Waals surface area contributed by atoms with Gasteiger partial charge in [-0.2, -0.15) is 0 Å². The van der Waals surface area contributed by atoms with Crippen LogP contribution in [-0.4, -0.2) is 10.8 Å². The summed E-state index contributed by atoms with van der Waals surface area (Å²) in [7, 11) is 0. The van der Waals surface area contributed by atoms with Crippen LogP contribution in [0.5, 0.6) is 0 Å². The number of Topliss-reactive ketones (excluding diaryl/α,β-unsaturated/α-hetero) is 1. The molecule has 1 heterocycles. The van der Waals surface area contributed by atoms with Crippen molar-refractivity contribution in [3.05, 3.63) is 65.5 Å². The van der Waals surface area contributed by atoms with Crippen LogP contribution < -0.4 is 0 Å². The predicted molar refractivity (Wildman–Crippen MR) is 68.1 cm³/mol. The lowest BCUT2D eigenvalue weighted by Crippen LogP contribution is -2.03. The van der Waals surface area contributed by atoms with Gasteiger partial charge in [-0.1, -0.05) is 35.9 Å². The molecule has 0 fully saturated rings. The van der Waals surface area contributed by atoms with Crippen molar-refractivity contribution in [2.75, 3.05) is 0 Å². The molecule has 2 nitrogen and oxygen atoms in total. The standard InChI is InChI=1S/C15H15NO/c1-12-5-4-6-13(11-12)8-9-15(17)14-7-2-3-10-16-14/h2-7,10-11H,8-9H2,1H3. The molecule has 0 saturated heterocycles. The number of aromatic nitrogens is 1. The van der Waals surface area contributed by atoms with Gasteiger partial charge in [0.05, 0.1) is 0 Å². The number of hydrogen-bond acceptors (Lipinski definition) is 2. The molecule has 86 valence electrons. The fraction of sp³-hybridized carbons (Fsp3) is 0.200. The third-order valence-electron chi connectivity index (χ3n) is 2.67. The number of carbonyl (C=O) groups excluding carboxylic acids is 1. The minimum absolute atomic E-state index is 0.104. The van der Waals surface area contributed by atoms with Gasteiger partial charge in [0.15, 0.2) is 5.78 Å². The fourth-order valence-corrected chi connectivity index (χ4v) is 1.78. The lowest BCUT2D eigenvalue weighted by molar-refractivity contribution is 0.0978. The average molecular weight is 225 g/mol. The van der Waals surface area contributed by atoms with E-state index in [2.05, 4.69) is 30.1 Å². The van der Waals surface area contributed by atoms with Crippen LogP contribution in [0.1, 0.15) is 28.0 Å². The highest BCUT2D eigenvalue weighted by Gasteiger charge is 2.06. The van der Waals surface area contributed by atoms with Crippen LogP contribution >= 0.6 is 0 Å². The van der Waals surface area contributed by atoms with Crippen LogP contribution in [0, 0.1) is 6.92 Å². The molecule has 0 spiro atoms. The SMILES string of the molecule is Cc1cccc(CCC(=O)c2ccccn2)c1. The Kier molecular flexibility index (Phi) is 3.66. The van der Waals surface area contributed by atoms with Gasteiger partial charge in [0.2, 0.25) is 0 Å². The summed E-state index contributed by atoms with van der Waals surface area (Å²) < 4.78 is 0. The van der Waals surface area contributed by atoms with Gasteiger partial charge < -0.3 is 0 Å². The Balaban J connectivity index is 1.97. The van der Waals surface area contributed by atoms with Crippen LogP contribution in [0.15, 0.2) is 48.7 Å². The number of nitrogens with zero attached hydrogens (tertiary/aromatic N) is 1. The normalized spacial score (nSPS) is 10.2. The van der Waals surface area contributed by atoms with Gasteiger partial charge in [0.1, 0.15) is 5.69 Å².